The highest BCUT2D eigenvalue weighted by atomic mass is 33.1. The molecule has 8 aliphatic rings. The molecule has 5 heterocycles. The Morgan fingerprint density at radius 1 is 0.943 bits per heavy atom. The number of esters is 1. The summed E-state index contributed by atoms with van der Waals surface area (Å²) in [4.78, 5) is 15.5. The number of aliphatic hydroxyl groups excluding tert-OH is 3. The minimum atomic E-state index is -0.650. The highest BCUT2D eigenvalue weighted by Gasteiger charge is 2.63. The van der Waals surface area contributed by atoms with Gasteiger partial charge in [0.25, 0.3) is 0 Å². The van der Waals surface area contributed by atoms with Crippen LogP contribution < -0.4 is 0 Å². The fourth-order valence-electron chi connectivity index (χ4n) is 13.4. The molecule has 10 heteroatoms. The van der Waals surface area contributed by atoms with Crippen molar-refractivity contribution in [3.05, 3.63) is 70.6 Å². The van der Waals surface area contributed by atoms with E-state index < -0.39 is 24.6 Å². The van der Waals surface area contributed by atoms with Gasteiger partial charge in [-0.15, -0.1) is 0 Å². The lowest BCUT2D eigenvalue weighted by atomic mass is 9.57. The predicted octanol–water partition coefficient (Wildman–Crippen LogP) is 7.15. The van der Waals surface area contributed by atoms with Gasteiger partial charge in [-0.1, -0.05) is 71.2 Å². The molecule has 288 valence electrons. The SMILES string of the molecule is COC1=C(CO)C(=O)OC1=C1OC2=CC[C@@H]3CSSC[C@@H]4CC[C@]5(CCCC56CCCC6)[C@@H]4C[C@H](O)[C@H]4C[C@@H](Cc5ccccc5)C[C@H]([C@@H]2[C@@H]1CO)N34. The summed E-state index contributed by atoms with van der Waals surface area (Å²) in [6.07, 6.45) is 18.5. The first-order valence-corrected chi connectivity index (χ1v) is 23.0. The second-order valence-electron chi connectivity index (χ2n) is 17.5. The number of benzene rings is 1. The first-order chi connectivity index (χ1) is 25.9. The van der Waals surface area contributed by atoms with Gasteiger partial charge in [-0.05, 0) is 111 Å². The zero-order valence-corrected chi connectivity index (χ0v) is 32.8. The minimum Gasteiger partial charge on any atom is -0.492 e. The van der Waals surface area contributed by atoms with Crippen LogP contribution in [0.2, 0.25) is 0 Å². The van der Waals surface area contributed by atoms with E-state index in [1.54, 1.807) is 0 Å². The Morgan fingerprint density at radius 2 is 1.72 bits per heavy atom. The zero-order chi connectivity index (χ0) is 36.3. The number of nitrogens with zero attached hydrogens (tertiary/aromatic N) is 1. The van der Waals surface area contributed by atoms with Crippen LogP contribution in [0, 0.1) is 40.4 Å². The number of ether oxygens (including phenoxy) is 3. The molecular weight excluding hydrogens is 707 g/mol. The molecule has 53 heavy (non-hydrogen) atoms. The number of fused-ring (bicyclic) bond motifs is 5. The van der Waals surface area contributed by atoms with E-state index >= 15 is 0 Å². The lowest BCUT2D eigenvalue weighted by Crippen LogP contribution is -2.61. The molecule has 3 saturated heterocycles. The zero-order valence-electron chi connectivity index (χ0n) is 31.1. The Bertz CT molecular complexity index is 1630. The monoisotopic (exact) mass is 763 g/mol. The smallest absolute Gasteiger partial charge is 0.345 e. The van der Waals surface area contributed by atoms with Crippen LogP contribution in [0.25, 0.3) is 0 Å². The fourth-order valence-corrected chi connectivity index (χ4v) is 16.2. The van der Waals surface area contributed by atoms with Crippen molar-refractivity contribution in [1.29, 1.82) is 0 Å². The molecule has 6 fully saturated rings. The topological polar surface area (TPSA) is 109 Å². The van der Waals surface area contributed by atoms with Crippen molar-refractivity contribution in [3.8, 4) is 0 Å². The minimum absolute atomic E-state index is 0.000999. The van der Waals surface area contributed by atoms with E-state index in [9.17, 15) is 20.1 Å². The van der Waals surface area contributed by atoms with Crippen LogP contribution in [0.3, 0.4) is 0 Å². The molecule has 3 N–H and O–H groups in total. The molecule has 0 bridgehead atoms. The van der Waals surface area contributed by atoms with Gasteiger partial charge >= 0.3 is 5.97 Å². The van der Waals surface area contributed by atoms with Crippen LogP contribution in [-0.4, -0.2) is 82.2 Å². The van der Waals surface area contributed by atoms with Crippen LogP contribution in [0.15, 0.2) is 65.0 Å². The standard InChI is InChI=1S/C43H57NO7S2/c1-49-38-31(23-46)41(48)51-40(38)39-30(22-45)37-34-20-27(18-26-8-3-2-4-9-26)19-33-35(47)21-32-28(12-17-43(32)16-7-15-42(43)13-5-6-14-42)24-52-53-25-29(44(33)34)10-11-36(37)50-39/h2-4,8-9,11,27-30,32-35,37,45-47H,5-7,10,12-25H2,1H3/t27-,28+,29-,30+,32-,33-,34-,35+,37+,43-/m1/s1. The van der Waals surface area contributed by atoms with Gasteiger partial charge in [0.05, 0.1) is 32.3 Å². The fraction of sp³-hybridized carbons (Fsp3) is 0.698. The number of cyclic esters (lactones) is 1. The molecule has 0 aromatic heterocycles. The molecule has 8 nitrogen and oxygen atoms in total. The van der Waals surface area contributed by atoms with Crippen molar-refractivity contribution in [2.45, 2.75) is 114 Å². The molecule has 0 amide bonds. The van der Waals surface area contributed by atoms with E-state index in [-0.39, 0.29) is 47.7 Å². The van der Waals surface area contributed by atoms with Gasteiger partial charge in [0.15, 0.2) is 11.5 Å². The number of aliphatic hydroxyl groups is 3. The molecule has 3 saturated carbocycles. The lowest BCUT2D eigenvalue weighted by Gasteiger charge is -2.53. The summed E-state index contributed by atoms with van der Waals surface area (Å²) < 4.78 is 18.0. The number of piperidine rings is 1. The first kappa shape index (κ1) is 36.7. The Labute approximate surface area is 322 Å². The number of hydrogen-bond acceptors (Lipinski definition) is 10. The summed E-state index contributed by atoms with van der Waals surface area (Å²) in [5, 5.41) is 34.1. The third kappa shape index (κ3) is 6.06. The molecule has 9 rings (SSSR count). The van der Waals surface area contributed by atoms with Crippen LogP contribution in [0.4, 0.5) is 0 Å². The Hall–Kier alpha value is -1.95. The summed E-state index contributed by atoms with van der Waals surface area (Å²) in [6.45, 7) is -0.693. The third-order valence-corrected chi connectivity index (χ3v) is 18.0. The number of rotatable bonds is 5. The molecule has 1 aromatic rings. The third-order valence-electron chi connectivity index (χ3n) is 15.4. The number of carbonyl (C=O) groups is 1. The van der Waals surface area contributed by atoms with E-state index in [1.165, 1.54) is 76.2 Å². The summed E-state index contributed by atoms with van der Waals surface area (Å²) in [6, 6.07) is 11.0. The summed E-state index contributed by atoms with van der Waals surface area (Å²) in [5.41, 5.74) is 2.24. The normalized spacial score (nSPS) is 41.0. The molecule has 5 aliphatic heterocycles. The average molecular weight is 764 g/mol. The second kappa shape index (κ2) is 14.8. The van der Waals surface area contributed by atoms with Crippen LogP contribution >= 0.6 is 21.6 Å². The number of carbonyl (C=O) groups excluding carboxylic acids is 1. The van der Waals surface area contributed by atoms with Crippen molar-refractivity contribution >= 4 is 27.6 Å². The van der Waals surface area contributed by atoms with Gasteiger partial charge in [-0.2, -0.15) is 0 Å². The van der Waals surface area contributed by atoms with Gasteiger partial charge < -0.3 is 29.5 Å². The largest absolute Gasteiger partial charge is 0.492 e. The van der Waals surface area contributed by atoms with Crippen molar-refractivity contribution in [2.24, 2.45) is 40.4 Å². The molecule has 3 aliphatic carbocycles. The van der Waals surface area contributed by atoms with Gasteiger partial charge in [0, 0.05) is 35.5 Å². The van der Waals surface area contributed by atoms with E-state index in [0.717, 1.165) is 43.6 Å². The molecule has 10 atom stereocenters. The average Bonchev–Trinajstić information content (AvgIpc) is 3.99. The van der Waals surface area contributed by atoms with Crippen LogP contribution in [0.1, 0.15) is 89.0 Å². The molecule has 0 unspecified atom stereocenters. The first-order valence-electron chi connectivity index (χ1n) is 20.5. The highest BCUT2D eigenvalue weighted by molar-refractivity contribution is 8.76. The van der Waals surface area contributed by atoms with E-state index in [2.05, 4.69) is 52.1 Å². The molecule has 1 aromatic carbocycles. The summed E-state index contributed by atoms with van der Waals surface area (Å²) in [7, 11) is 5.56. The van der Waals surface area contributed by atoms with Gasteiger partial charge in [-0.25, -0.2) is 4.79 Å². The maximum Gasteiger partial charge on any atom is 0.345 e. The van der Waals surface area contributed by atoms with E-state index in [1.807, 2.05) is 10.8 Å². The van der Waals surface area contributed by atoms with E-state index in [4.69, 9.17) is 14.2 Å². The number of methoxy groups -OCH3 is 1. The van der Waals surface area contributed by atoms with Gasteiger partial charge in [0.1, 0.15) is 11.3 Å². The van der Waals surface area contributed by atoms with E-state index in [0.29, 0.717) is 34.3 Å². The highest BCUT2D eigenvalue weighted by Crippen LogP contribution is 2.71. The second-order valence-corrected chi connectivity index (χ2v) is 20.1. The van der Waals surface area contributed by atoms with Crippen molar-refractivity contribution in [2.75, 3.05) is 31.8 Å². The van der Waals surface area contributed by atoms with Crippen LogP contribution in [0.5, 0.6) is 0 Å². The van der Waals surface area contributed by atoms with Gasteiger partial charge in [-0.3, -0.25) is 4.90 Å². The van der Waals surface area contributed by atoms with Crippen molar-refractivity contribution < 1.29 is 34.3 Å². The Kier molecular flexibility index (Phi) is 10.3. The Balaban J connectivity index is 1.11. The Morgan fingerprint density at radius 3 is 2.49 bits per heavy atom. The lowest BCUT2D eigenvalue weighted by molar-refractivity contribution is -0.134. The maximum absolute atomic E-state index is 12.9. The predicted molar refractivity (Wildman–Crippen MR) is 207 cm³/mol. The maximum atomic E-state index is 12.9. The summed E-state index contributed by atoms with van der Waals surface area (Å²) >= 11 is 0. The van der Waals surface area contributed by atoms with Crippen LogP contribution in [-0.2, 0) is 25.4 Å². The summed E-state index contributed by atoms with van der Waals surface area (Å²) in [5.74, 6) is 3.99. The quantitative estimate of drug-likeness (QED) is 0.211. The van der Waals surface area contributed by atoms with Gasteiger partial charge in [0.2, 0.25) is 5.76 Å². The molecule has 2 spiro atoms. The van der Waals surface area contributed by atoms with Crippen molar-refractivity contribution in [1.82, 2.24) is 4.90 Å². The molecular formula is C43H57NO7S2. The number of hydrogen-bond donors (Lipinski definition) is 3. The molecule has 0 radical (unpaired) electrons. The van der Waals surface area contributed by atoms with Crippen molar-refractivity contribution in [3.63, 3.8) is 0 Å².